The standard InChI is InChI=1S/C19H18N4O3/c1-12(13-5-3-7-15(9-13)26-2)22-18(24)16-11-21-17(23-19(16)25)14-6-4-8-20-10-14/h3-12H,1-2H3,(H,22,24)(H,21,23,25)/t12-/m0/s1. The number of amides is 1. The topological polar surface area (TPSA) is 97.0 Å². The van der Waals surface area contributed by atoms with Crippen molar-refractivity contribution in [1.82, 2.24) is 20.3 Å². The van der Waals surface area contributed by atoms with Gasteiger partial charge in [-0.15, -0.1) is 0 Å². The van der Waals surface area contributed by atoms with Crippen molar-refractivity contribution in [2.24, 2.45) is 0 Å². The monoisotopic (exact) mass is 350 g/mol. The minimum Gasteiger partial charge on any atom is -0.497 e. The van der Waals surface area contributed by atoms with E-state index < -0.39 is 11.5 Å². The largest absolute Gasteiger partial charge is 0.497 e. The molecule has 0 fully saturated rings. The second-order valence-electron chi connectivity index (χ2n) is 5.69. The molecule has 1 aromatic carbocycles. The molecule has 0 aliphatic rings. The van der Waals surface area contributed by atoms with Crippen molar-refractivity contribution in [2.75, 3.05) is 7.11 Å². The summed E-state index contributed by atoms with van der Waals surface area (Å²) >= 11 is 0. The maximum Gasteiger partial charge on any atom is 0.264 e. The first-order valence-electron chi connectivity index (χ1n) is 8.03. The third-order valence-electron chi connectivity index (χ3n) is 3.92. The van der Waals surface area contributed by atoms with Crippen molar-refractivity contribution < 1.29 is 9.53 Å². The Bertz CT molecular complexity index is 970. The SMILES string of the molecule is COc1cccc([C@H](C)NC(=O)c2cnc(-c3cccnc3)[nH]c2=O)c1. The van der Waals surface area contributed by atoms with Crippen LogP contribution in [0.4, 0.5) is 0 Å². The number of H-pyrrole nitrogens is 1. The summed E-state index contributed by atoms with van der Waals surface area (Å²) in [6, 6.07) is 10.6. The maximum absolute atomic E-state index is 12.4. The molecule has 3 rings (SSSR count). The second kappa shape index (κ2) is 7.60. The number of aromatic amines is 1. The van der Waals surface area contributed by atoms with Crippen LogP contribution >= 0.6 is 0 Å². The number of nitrogens with zero attached hydrogens (tertiary/aromatic N) is 2. The molecule has 0 saturated carbocycles. The highest BCUT2D eigenvalue weighted by Crippen LogP contribution is 2.19. The second-order valence-corrected chi connectivity index (χ2v) is 5.69. The van der Waals surface area contributed by atoms with Crippen molar-refractivity contribution >= 4 is 5.91 Å². The quantitative estimate of drug-likeness (QED) is 0.736. The zero-order chi connectivity index (χ0) is 18.5. The minimum absolute atomic E-state index is 0.0487. The molecule has 26 heavy (non-hydrogen) atoms. The van der Waals surface area contributed by atoms with Crippen LogP contribution in [-0.2, 0) is 0 Å². The van der Waals surface area contributed by atoms with Crippen molar-refractivity contribution in [1.29, 1.82) is 0 Å². The number of hydrogen-bond donors (Lipinski definition) is 2. The third kappa shape index (κ3) is 3.77. The van der Waals surface area contributed by atoms with Gasteiger partial charge in [-0.1, -0.05) is 12.1 Å². The van der Waals surface area contributed by atoms with Crippen molar-refractivity contribution in [2.45, 2.75) is 13.0 Å². The van der Waals surface area contributed by atoms with E-state index in [0.29, 0.717) is 17.1 Å². The molecule has 2 aromatic heterocycles. The number of carbonyl (C=O) groups is 1. The van der Waals surface area contributed by atoms with Gasteiger partial charge in [-0.2, -0.15) is 0 Å². The molecule has 3 aromatic rings. The highest BCUT2D eigenvalue weighted by Gasteiger charge is 2.16. The fraction of sp³-hybridized carbons (Fsp3) is 0.158. The van der Waals surface area contributed by atoms with Crippen molar-refractivity contribution in [3.8, 4) is 17.1 Å². The zero-order valence-corrected chi connectivity index (χ0v) is 14.4. The first-order chi connectivity index (χ1) is 12.6. The minimum atomic E-state index is -0.505. The Hall–Kier alpha value is -3.48. The van der Waals surface area contributed by atoms with Crippen LogP contribution in [0.3, 0.4) is 0 Å². The van der Waals surface area contributed by atoms with Gasteiger partial charge in [-0.25, -0.2) is 4.98 Å². The number of aromatic nitrogens is 3. The number of rotatable bonds is 5. The molecule has 0 aliphatic heterocycles. The maximum atomic E-state index is 12.4. The molecular weight excluding hydrogens is 332 g/mol. The van der Waals surface area contributed by atoms with Crippen LogP contribution in [0.2, 0.25) is 0 Å². The molecule has 0 unspecified atom stereocenters. The molecule has 132 valence electrons. The highest BCUT2D eigenvalue weighted by atomic mass is 16.5. The van der Waals surface area contributed by atoms with E-state index in [-0.39, 0.29) is 11.6 Å². The smallest absolute Gasteiger partial charge is 0.264 e. The molecule has 0 saturated heterocycles. The Balaban J connectivity index is 1.78. The fourth-order valence-electron chi connectivity index (χ4n) is 2.47. The van der Waals surface area contributed by atoms with E-state index in [1.54, 1.807) is 31.6 Å². The molecule has 0 radical (unpaired) electrons. The molecule has 7 nitrogen and oxygen atoms in total. The van der Waals surface area contributed by atoms with Crippen LogP contribution in [0.15, 0.2) is 59.8 Å². The van der Waals surface area contributed by atoms with Gasteiger partial charge in [0.15, 0.2) is 0 Å². The first kappa shape index (κ1) is 17.3. The van der Waals surface area contributed by atoms with Gasteiger partial charge >= 0.3 is 0 Å². The number of methoxy groups -OCH3 is 1. The van der Waals surface area contributed by atoms with Crippen LogP contribution in [0.1, 0.15) is 28.9 Å². The summed E-state index contributed by atoms with van der Waals surface area (Å²) in [7, 11) is 1.58. The van der Waals surface area contributed by atoms with Gasteiger partial charge < -0.3 is 15.0 Å². The van der Waals surface area contributed by atoms with E-state index in [1.807, 2.05) is 31.2 Å². The molecule has 2 N–H and O–H groups in total. The van der Waals surface area contributed by atoms with E-state index in [0.717, 1.165) is 5.56 Å². The normalized spacial score (nSPS) is 11.6. The third-order valence-corrected chi connectivity index (χ3v) is 3.92. The molecule has 7 heteroatoms. The van der Waals surface area contributed by atoms with Crippen LogP contribution in [0, 0.1) is 0 Å². The average Bonchev–Trinajstić information content (AvgIpc) is 2.68. The molecular formula is C19H18N4O3. The number of benzene rings is 1. The Morgan fingerprint density at radius 3 is 2.77 bits per heavy atom. The summed E-state index contributed by atoms with van der Waals surface area (Å²) in [5.74, 6) is 0.566. The van der Waals surface area contributed by atoms with Crippen LogP contribution in [0.25, 0.3) is 11.4 Å². The van der Waals surface area contributed by atoms with Gasteiger partial charge in [0.1, 0.15) is 17.1 Å². The summed E-state index contributed by atoms with van der Waals surface area (Å²) in [5, 5.41) is 2.80. The number of hydrogen-bond acceptors (Lipinski definition) is 5. The summed E-state index contributed by atoms with van der Waals surface area (Å²) in [6.45, 7) is 1.83. The lowest BCUT2D eigenvalue weighted by Gasteiger charge is -2.15. The predicted octanol–water partition coefficient (Wildman–Crippen LogP) is 2.33. The molecule has 1 amide bonds. The zero-order valence-electron chi connectivity index (χ0n) is 14.4. The number of ether oxygens (including phenoxy) is 1. The van der Waals surface area contributed by atoms with E-state index >= 15 is 0 Å². The predicted molar refractivity (Wildman–Crippen MR) is 97.0 cm³/mol. The Morgan fingerprint density at radius 2 is 2.08 bits per heavy atom. The number of nitrogens with one attached hydrogen (secondary N) is 2. The lowest BCUT2D eigenvalue weighted by molar-refractivity contribution is 0.0938. The lowest BCUT2D eigenvalue weighted by Crippen LogP contribution is -2.32. The van der Waals surface area contributed by atoms with E-state index in [4.69, 9.17) is 4.74 Å². The molecule has 2 heterocycles. The Morgan fingerprint density at radius 1 is 1.23 bits per heavy atom. The average molecular weight is 350 g/mol. The summed E-state index contributed by atoms with van der Waals surface area (Å²) in [6.07, 6.45) is 4.49. The fourth-order valence-corrected chi connectivity index (χ4v) is 2.47. The lowest BCUT2D eigenvalue weighted by atomic mass is 10.1. The van der Waals surface area contributed by atoms with Crippen molar-refractivity contribution in [3.05, 3.63) is 76.5 Å². The van der Waals surface area contributed by atoms with Gasteiger partial charge in [0.05, 0.1) is 13.2 Å². The first-order valence-corrected chi connectivity index (χ1v) is 8.03. The van der Waals surface area contributed by atoms with Gasteiger partial charge in [0.25, 0.3) is 11.5 Å². The van der Waals surface area contributed by atoms with E-state index in [2.05, 4.69) is 20.3 Å². The molecule has 0 aliphatic carbocycles. The van der Waals surface area contributed by atoms with Crippen LogP contribution < -0.4 is 15.6 Å². The number of carbonyl (C=O) groups excluding carboxylic acids is 1. The Labute approximate surface area is 150 Å². The van der Waals surface area contributed by atoms with Gasteiger partial charge in [0, 0.05) is 24.2 Å². The molecule has 0 bridgehead atoms. The van der Waals surface area contributed by atoms with Gasteiger partial charge in [-0.3, -0.25) is 14.6 Å². The van der Waals surface area contributed by atoms with Gasteiger partial charge in [0.2, 0.25) is 0 Å². The summed E-state index contributed by atoms with van der Waals surface area (Å²) in [4.78, 5) is 35.5. The highest BCUT2D eigenvalue weighted by molar-refractivity contribution is 5.93. The summed E-state index contributed by atoms with van der Waals surface area (Å²) in [5.41, 5.74) is 0.983. The van der Waals surface area contributed by atoms with E-state index in [1.165, 1.54) is 6.20 Å². The van der Waals surface area contributed by atoms with Crippen LogP contribution in [0.5, 0.6) is 5.75 Å². The molecule has 0 spiro atoms. The molecule has 1 atom stereocenters. The van der Waals surface area contributed by atoms with Crippen LogP contribution in [-0.4, -0.2) is 28.0 Å². The van der Waals surface area contributed by atoms with Crippen molar-refractivity contribution in [3.63, 3.8) is 0 Å². The van der Waals surface area contributed by atoms with Gasteiger partial charge in [-0.05, 0) is 36.8 Å². The Kier molecular flexibility index (Phi) is 5.07. The summed E-state index contributed by atoms with van der Waals surface area (Å²) < 4.78 is 5.19. The van der Waals surface area contributed by atoms with E-state index in [9.17, 15) is 9.59 Å². The number of pyridine rings is 1.